The Kier molecular flexibility index (Phi) is 6.55. The molecule has 2 aromatic rings. The second-order valence-electron chi connectivity index (χ2n) is 7.50. The lowest BCUT2D eigenvalue weighted by atomic mass is 9.67. The van der Waals surface area contributed by atoms with E-state index in [9.17, 15) is 5.11 Å². The van der Waals surface area contributed by atoms with E-state index in [0.29, 0.717) is 15.1 Å². The van der Waals surface area contributed by atoms with E-state index >= 15 is 0 Å². The van der Waals surface area contributed by atoms with Crippen LogP contribution in [0.25, 0.3) is 6.08 Å². The first-order chi connectivity index (χ1) is 12.8. The zero-order valence-corrected chi connectivity index (χ0v) is 17.8. The van der Waals surface area contributed by atoms with E-state index in [2.05, 4.69) is 11.0 Å². The maximum atomic E-state index is 12.0. The van der Waals surface area contributed by atoms with Gasteiger partial charge in [0, 0.05) is 27.5 Å². The van der Waals surface area contributed by atoms with Crippen LogP contribution in [-0.2, 0) is 5.60 Å². The number of benzene rings is 2. The first kappa shape index (κ1) is 20.7. The number of hydrogen-bond donors (Lipinski definition) is 1. The molecule has 0 heterocycles. The van der Waals surface area contributed by atoms with Crippen LogP contribution in [0.2, 0.25) is 15.1 Å². The topological polar surface area (TPSA) is 23.5 Å². The molecule has 5 heteroatoms. The van der Waals surface area contributed by atoms with Crippen molar-refractivity contribution in [1.29, 1.82) is 0 Å². The summed E-state index contributed by atoms with van der Waals surface area (Å²) >= 11 is 18.6. The van der Waals surface area contributed by atoms with E-state index in [1.54, 1.807) is 6.07 Å². The van der Waals surface area contributed by atoms with Gasteiger partial charge in [0.25, 0.3) is 0 Å². The van der Waals surface area contributed by atoms with E-state index in [1.165, 1.54) is 0 Å². The van der Waals surface area contributed by atoms with Crippen molar-refractivity contribution in [3.05, 3.63) is 74.2 Å². The SMILES string of the molecule is CN(C)CC1CCC/C(=C\c2ccc(Cl)cc2)C1(O)c1cc(Cl)cc(Cl)c1. The van der Waals surface area contributed by atoms with E-state index < -0.39 is 5.60 Å². The molecule has 2 atom stereocenters. The Hall–Kier alpha value is -1.03. The van der Waals surface area contributed by atoms with Gasteiger partial charge in [0.2, 0.25) is 0 Å². The van der Waals surface area contributed by atoms with Crippen LogP contribution in [0.15, 0.2) is 48.0 Å². The predicted molar refractivity (Wildman–Crippen MR) is 116 cm³/mol. The van der Waals surface area contributed by atoms with Crippen molar-refractivity contribution in [2.24, 2.45) is 5.92 Å². The molecule has 0 bridgehead atoms. The first-order valence-corrected chi connectivity index (χ1v) is 10.2. The second kappa shape index (κ2) is 8.55. The summed E-state index contributed by atoms with van der Waals surface area (Å²) in [6.45, 7) is 0.776. The Morgan fingerprint density at radius 1 is 1.04 bits per heavy atom. The Labute approximate surface area is 176 Å². The molecule has 2 nitrogen and oxygen atoms in total. The van der Waals surface area contributed by atoms with Gasteiger partial charge in [-0.1, -0.05) is 53.0 Å². The third kappa shape index (κ3) is 4.70. The fourth-order valence-electron chi connectivity index (χ4n) is 4.00. The molecule has 2 unspecified atom stereocenters. The van der Waals surface area contributed by atoms with E-state index in [1.807, 2.05) is 50.5 Å². The monoisotopic (exact) mass is 423 g/mol. The number of aliphatic hydroxyl groups is 1. The third-order valence-corrected chi connectivity index (χ3v) is 5.87. The summed E-state index contributed by atoms with van der Waals surface area (Å²) in [6.07, 6.45) is 4.88. The van der Waals surface area contributed by atoms with E-state index in [4.69, 9.17) is 34.8 Å². The molecule has 1 saturated carbocycles. The van der Waals surface area contributed by atoms with Gasteiger partial charge in [0.15, 0.2) is 0 Å². The highest BCUT2D eigenvalue weighted by Crippen LogP contribution is 2.47. The van der Waals surface area contributed by atoms with Gasteiger partial charge in [-0.3, -0.25) is 0 Å². The molecule has 0 saturated heterocycles. The number of rotatable bonds is 4. The van der Waals surface area contributed by atoms with Crippen LogP contribution in [-0.4, -0.2) is 30.6 Å². The lowest BCUT2D eigenvalue weighted by molar-refractivity contribution is -0.0174. The van der Waals surface area contributed by atoms with Crippen molar-refractivity contribution >= 4 is 40.9 Å². The fraction of sp³-hybridized carbons (Fsp3) is 0.364. The molecule has 0 aromatic heterocycles. The van der Waals surface area contributed by atoms with Gasteiger partial charge >= 0.3 is 0 Å². The fourth-order valence-corrected chi connectivity index (χ4v) is 4.65. The molecule has 0 radical (unpaired) electrons. The molecular weight excluding hydrogens is 401 g/mol. The normalized spacial score (nSPS) is 24.6. The van der Waals surface area contributed by atoms with Gasteiger partial charge in [-0.15, -0.1) is 0 Å². The minimum atomic E-state index is -1.11. The molecule has 1 aliphatic carbocycles. The largest absolute Gasteiger partial charge is 0.380 e. The number of nitrogens with zero attached hydrogens (tertiary/aromatic N) is 1. The van der Waals surface area contributed by atoms with Gasteiger partial charge in [0.1, 0.15) is 5.60 Å². The van der Waals surface area contributed by atoms with Crippen LogP contribution in [0.3, 0.4) is 0 Å². The van der Waals surface area contributed by atoms with Gasteiger partial charge in [-0.2, -0.15) is 0 Å². The lowest BCUT2D eigenvalue weighted by Crippen LogP contribution is -2.44. The highest BCUT2D eigenvalue weighted by molar-refractivity contribution is 6.34. The zero-order chi connectivity index (χ0) is 19.6. The van der Waals surface area contributed by atoms with Gasteiger partial charge < -0.3 is 10.0 Å². The zero-order valence-electron chi connectivity index (χ0n) is 15.6. The quantitative estimate of drug-likeness (QED) is 0.624. The average Bonchev–Trinajstić information content (AvgIpc) is 2.59. The van der Waals surface area contributed by atoms with Crippen molar-refractivity contribution in [2.75, 3.05) is 20.6 Å². The summed E-state index contributed by atoms with van der Waals surface area (Å²) < 4.78 is 0. The Balaban J connectivity index is 2.13. The molecule has 1 N–H and O–H groups in total. The van der Waals surface area contributed by atoms with Crippen molar-refractivity contribution in [2.45, 2.75) is 24.9 Å². The van der Waals surface area contributed by atoms with Crippen molar-refractivity contribution in [3.63, 3.8) is 0 Å². The van der Waals surface area contributed by atoms with E-state index in [-0.39, 0.29) is 5.92 Å². The maximum absolute atomic E-state index is 12.0. The van der Waals surface area contributed by atoms with Crippen LogP contribution in [0, 0.1) is 5.92 Å². The Morgan fingerprint density at radius 3 is 2.26 bits per heavy atom. The standard InChI is InChI=1S/C22H24Cl3NO/c1-26(2)14-17-5-3-4-16(10-15-6-8-19(23)9-7-15)22(17,27)18-11-20(24)13-21(25)12-18/h6-13,17,27H,3-5,14H2,1-2H3/b16-10+. The highest BCUT2D eigenvalue weighted by atomic mass is 35.5. The Morgan fingerprint density at radius 2 is 1.67 bits per heavy atom. The molecule has 2 aromatic carbocycles. The summed E-state index contributed by atoms with van der Waals surface area (Å²) in [4.78, 5) is 2.12. The maximum Gasteiger partial charge on any atom is 0.115 e. The van der Waals surface area contributed by atoms with Crippen molar-refractivity contribution in [3.8, 4) is 0 Å². The summed E-state index contributed by atoms with van der Waals surface area (Å²) in [7, 11) is 4.06. The third-order valence-electron chi connectivity index (χ3n) is 5.18. The first-order valence-electron chi connectivity index (χ1n) is 9.09. The molecule has 27 heavy (non-hydrogen) atoms. The van der Waals surface area contributed by atoms with Crippen LogP contribution in [0.5, 0.6) is 0 Å². The average molecular weight is 425 g/mol. The molecule has 0 aliphatic heterocycles. The smallest absolute Gasteiger partial charge is 0.115 e. The summed E-state index contributed by atoms with van der Waals surface area (Å²) in [5.74, 6) is 0.0503. The van der Waals surface area contributed by atoms with Crippen LogP contribution in [0.4, 0.5) is 0 Å². The van der Waals surface area contributed by atoms with Crippen molar-refractivity contribution < 1.29 is 5.11 Å². The Bertz CT molecular complexity index is 812. The van der Waals surface area contributed by atoms with Crippen LogP contribution in [0.1, 0.15) is 30.4 Å². The molecule has 0 spiro atoms. The van der Waals surface area contributed by atoms with Gasteiger partial charge in [-0.25, -0.2) is 0 Å². The predicted octanol–water partition coefficient (Wildman–Crippen LogP) is 6.28. The summed E-state index contributed by atoms with van der Waals surface area (Å²) in [6, 6.07) is 13.0. The molecule has 1 fully saturated rings. The molecular formula is C22H24Cl3NO. The second-order valence-corrected chi connectivity index (χ2v) is 8.81. The summed E-state index contributed by atoms with van der Waals surface area (Å²) in [5.41, 5.74) is 1.65. The molecule has 144 valence electrons. The van der Waals surface area contributed by atoms with Gasteiger partial charge in [-0.05, 0) is 80.4 Å². The van der Waals surface area contributed by atoms with Crippen LogP contribution < -0.4 is 0 Å². The lowest BCUT2D eigenvalue weighted by Gasteiger charge is -2.44. The molecule has 1 aliphatic rings. The van der Waals surface area contributed by atoms with Gasteiger partial charge in [0.05, 0.1) is 0 Å². The molecule has 0 amide bonds. The van der Waals surface area contributed by atoms with E-state index in [0.717, 1.165) is 42.5 Å². The van der Waals surface area contributed by atoms with Crippen molar-refractivity contribution in [1.82, 2.24) is 4.90 Å². The minimum Gasteiger partial charge on any atom is -0.380 e. The van der Waals surface area contributed by atoms with Crippen LogP contribution >= 0.6 is 34.8 Å². The number of halogens is 3. The highest BCUT2D eigenvalue weighted by Gasteiger charge is 2.44. The molecule has 3 rings (SSSR count). The number of hydrogen-bond acceptors (Lipinski definition) is 2. The minimum absolute atomic E-state index is 0.0503. The summed E-state index contributed by atoms with van der Waals surface area (Å²) in [5, 5.41) is 13.8.